The van der Waals surface area contributed by atoms with E-state index >= 15 is 0 Å². The molecule has 0 bridgehead atoms. The summed E-state index contributed by atoms with van der Waals surface area (Å²) in [6, 6.07) is 1.66. The molecule has 0 aliphatic carbocycles. The summed E-state index contributed by atoms with van der Waals surface area (Å²) >= 11 is 10.7. The highest BCUT2D eigenvalue weighted by Crippen LogP contribution is 2.34. The molecule has 1 saturated heterocycles. The van der Waals surface area contributed by atoms with Gasteiger partial charge in [0.05, 0.1) is 4.34 Å². The van der Waals surface area contributed by atoms with E-state index in [1.807, 2.05) is 6.92 Å². The molecule has 18 heavy (non-hydrogen) atoms. The number of rotatable bonds is 2. The summed E-state index contributed by atoms with van der Waals surface area (Å²) in [5.74, 6) is 0.324. The lowest BCUT2D eigenvalue weighted by Crippen LogP contribution is -2.42. The summed E-state index contributed by atoms with van der Waals surface area (Å²) in [6.07, 6.45) is 0.846. The van der Waals surface area contributed by atoms with Crippen LogP contribution in [0.3, 0.4) is 0 Å². The van der Waals surface area contributed by atoms with Crippen molar-refractivity contribution in [3.05, 3.63) is 16.0 Å². The van der Waals surface area contributed by atoms with E-state index in [4.69, 9.17) is 11.6 Å². The molecule has 1 aromatic rings. The summed E-state index contributed by atoms with van der Waals surface area (Å²) in [6.45, 7) is 5.02. The van der Waals surface area contributed by atoms with E-state index < -0.39 is 10.0 Å². The fourth-order valence-corrected chi connectivity index (χ4v) is 5.77. The maximum Gasteiger partial charge on any atom is 0.252 e. The lowest BCUT2D eigenvalue weighted by atomic mass is 10.0. The van der Waals surface area contributed by atoms with Gasteiger partial charge in [0.1, 0.15) is 4.21 Å². The number of thiophene rings is 1. The lowest BCUT2D eigenvalue weighted by Gasteiger charge is -2.33. The Morgan fingerprint density at radius 1 is 1.56 bits per heavy atom. The van der Waals surface area contributed by atoms with Crippen LogP contribution in [0.2, 0.25) is 4.34 Å². The van der Waals surface area contributed by atoms with Crippen LogP contribution in [0.4, 0.5) is 0 Å². The molecule has 2 rings (SSSR count). The number of alkyl halides is 1. The van der Waals surface area contributed by atoms with Gasteiger partial charge < -0.3 is 0 Å². The molecular weight excluding hydrogens is 358 g/mol. The predicted molar refractivity (Wildman–Crippen MR) is 79.3 cm³/mol. The number of piperidine rings is 1. The van der Waals surface area contributed by atoms with Crippen molar-refractivity contribution in [1.29, 1.82) is 0 Å². The van der Waals surface area contributed by atoms with Gasteiger partial charge in [-0.2, -0.15) is 4.31 Å². The Bertz CT molecular complexity index is 524. The molecule has 1 aliphatic heterocycles. The van der Waals surface area contributed by atoms with E-state index in [1.54, 1.807) is 10.4 Å². The smallest absolute Gasteiger partial charge is 0.206 e. The Hall–Kier alpha value is 0.380. The molecule has 2 unspecified atom stereocenters. The predicted octanol–water partition coefficient (Wildman–Crippen LogP) is 3.50. The first kappa shape index (κ1) is 14.8. The average Bonchev–Trinajstić information content (AvgIpc) is 2.64. The van der Waals surface area contributed by atoms with Gasteiger partial charge in [-0.1, -0.05) is 34.5 Å². The SMILES string of the molecule is Cc1cc(S(=O)(=O)N2CCC(Br)C(C)C2)sc1Cl. The molecular formula is C11H15BrClNO2S2. The third-order valence-corrected chi connectivity index (χ3v) is 8.42. The molecule has 2 atom stereocenters. The van der Waals surface area contributed by atoms with Crippen LogP contribution < -0.4 is 0 Å². The zero-order chi connectivity index (χ0) is 13.5. The molecule has 102 valence electrons. The van der Waals surface area contributed by atoms with Crippen LogP contribution >= 0.6 is 38.9 Å². The molecule has 2 heterocycles. The van der Waals surface area contributed by atoms with Crippen molar-refractivity contribution in [2.24, 2.45) is 5.92 Å². The van der Waals surface area contributed by atoms with Crippen molar-refractivity contribution in [2.75, 3.05) is 13.1 Å². The molecule has 0 radical (unpaired) electrons. The zero-order valence-corrected chi connectivity index (χ0v) is 14.2. The zero-order valence-electron chi connectivity index (χ0n) is 10.2. The van der Waals surface area contributed by atoms with E-state index in [2.05, 4.69) is 22.9 Å². The molecule has 1 fully saturated rings. The summed E-state index contributed by atoms with van der Waals surface area (Å²) in [5, 5.41) is 0. The highest BCUT2D eigenvalue weighted by Gasteiger charge is 2.33. The topological polar surface area (TPSA) is 37.4 Å². The van der Waals surface area contributed by atoms with Gasteiger partial charge in [-0.05, 0) is 30.9 Å². The molecule has 0 saturated carbocycles. The third kappa shape index (κ3) is 2.77. The van der Waals surface area contributed by atoms with Gasteiger partial charge in [-0.3, -0.25) is 0 Å². The highest BCUT2D eigenvalue weighted by atomic mass is 79.9. The van der Waals surface area contributed by atoms with Gasteiger partial charge in [0, 0.05) is 17.9 Å². The van der Waals surface area contributed by atoms with Crippen molar-refractivity contribution < 1.29 is 8.42 Å². The number of hydrogen-bond acceptors (Lipinski definition) is 3. The second kappa shape index (κ2) is 5.40. The van der Waals surface area contributed by atoms with Crippen molar-refractivity contribution in [1.82, 2.24) is 4.31 Å². The van der Waals surface area contributed by atoms with Gasteiger partial charge in [0.15, 0.2) is 0 Å². The maximum absolute atomic E-state index is 12.5. The first-order valence-electron chi connectivity index (χ1n) is 5.72. The number of sulfonamides is 1. The Labute approximate surface area is 125 Å². The van der Waals surface area contributed by atoms with Gasteiger partial charge in [0.25, 0.3) is 10.0 Å². The minimum absolute atomic E-state index is 0.324. The van der Waals surface area contributed by atoms with E-state index in [0.717, 1.165) is 23.3 Å². The quantitative estimate of drug-likeness (QED) is 0.745. The highest BCUT2D eigenvalue weighted by molar-refractivity contribution is 9.09. The Morgan fingerprint density at radius 3 is 2.72 bits per heavy atom. The molecule has 1 aromatic heterocycles. The average molecular weight is 373 g/mol. The maximum atomic E-state index is 12.5. The normalized spacial score (nSPS) is 26.4. The Kier molecular flexibility index (Phi) is 4.44. The van der Waals surface area contributed by atoms with Gasteiger partial charge in [-0.15, -0.1) is 11.3 Å². The van der Waals surface area contributed by atoms with Crippen LogP contribution in [0.5, 0.6) is 0 Å². The van der Waals surface area contributed by atoms with E-state index in [9.17, 15) is 8.42 Å². The first-order valence-corrected chi connectivity index (χ1v) is 9.27. The molecule has 0 amide bonds. The van der Waals surface area contributed by atoms with Crippen LogP contribution in [0.15, 0.2) is 10.3 Å². The van der Waals surface area contributed by atoms with Gasteiger partial charge in [-0.25, -0.2) is 8.42 Å². The van der Waals surface area contributed by atoms with Crippen LogP contribution in [-0.4, -0.2) is 30.6 Å². The summed E-state index contributed by atoms with van der Waals surface area (Å²) in [4.78, 5) is 0.401. The monoisotopic (exact) mass is 371 g/mol. The second-order valence-electron chi connectivity index (χ2n) is 4.67. The molecule has 0 spiro atoms. The van der Waals surface area contributed by atoms with Crippen LogP contribution in [0, 0.1) is 12.8 Å². The summed E-state index contributed by atoms with van der Waals surface area (Å²) in [7, 11) is -3.37. The first-order chi connectivity index (χ1) is 8.32. The van der Waals surface area contributed by atoms with Crippen LogP contribution in [-0.2, 0) is 10.0 Å². The summed E-state index contributed by atoms with van der Waals surface area (Å²) < 4.78 is 27.4. The van der Waals surface area contributed by atoms with Crippen molar-refractivity contribution in [2.45, 2.75) is 29.3 Å². The Morgan fingerprint density at radius 2 is 2.22 bits per heavy atom. The fourth-order valence-electron chi connectivity index (χ4n) is 1.98. The molecule has 0 aromatic carbocycles. The minimum Gasteiger partial charge on any atom is -0.206 e. The number of hydrogen-bond donors (Lipinski definition) is 0. The standard InChI is InChI=1S/C11H15BrClNO2S2/c1-7-5-10(17-11(7)13)18(15,16)14-4-3-9(12)8(2)6-14/h5,8-9H,3-4,6H2,1-2H3. The number of nitrogens with zero attached hydrogens (tertiary/aromatic N) is 1. The van der Waals surface area contributed by atoms with Crippen molar-refractivity contribution in [3.8, 4) is 0 Å². The van der Waals surface area contributed by atoms with Gasteiger partial charge >= 0.3 is 0 Å². The molecule has 7 heteroatoms. The van der Waals surface area contributed by atoms with Crippen molar-refractivity contribution >= 4 is 48.9 Å². The molecule has 1 aliphatic rings. The second-order valence-corrected chi connectivity index (χ2v) is 9.66. The molecule has 3 nitrogen and oxygen atoms in total. The molecule has 0 N–H and O–H groups in total. The Balaban J connectivity index is 2.26. The van der Waals surface area contributed by atoms with Crippen LogP contribution in [0.1, 0.15) is 18.9 Å². The summed E-state index contributed by atoms with van der Waals surface area (Å²) in [5.41, 5.74) is 0.823. The fraction of sp³-hybridized carbons (Fsp3) is 0.636. The van der Waals surface area contributed by atoms with Gasteiger partial charge in [0.2, 0.25) is 0 Å². The van der Waals surface area contributed by atoms with Crippen LogP contribution in [0.25, 0.3) is 0 Å². The number of aryl methyl sites for hydroxylation is 1. The largest absolute Gasteiger partial charge is 0.252 e. The minimum atomic E-state index is -3.37. The van der Waals surface area contributed by atoms with E-state index in [1.165, 1.54) is 0 Å². The third-order valence-electron chi connectivity index (χ3n) is 3.19. The number of halogens is 2. The van der Waals surface area contributed by atoms with E-state index in [0.29, 0.717) is 32.4 Å². The van der Waals surface area contributed by atoms with E-state index in [-0.39, 0.29) is 0 Å². The lowest BCUT2D eigenvalue weighted by molar-refractivity contribution is 0.292. The van der Waals surface area contributed by atoms with Crippen molar-refractivity contribution in [3.63, 3.8) is 0 Å².